The first-order valence-electron chi connectivity index (χ1n) is 9.11. The van der Waals surface area contributed by atoms with Crippen LogP contribution < -0.4 is 4.74 Å². The fourth-order valence-electron chi connectivity index (χ4n) is 4.12. The zero-order valence-electron chi connectivity index (χ0n) is 14.5. The lowest BCUT2D eigenvalue weighted by atomic mass is 9.73. The molecule has 2 atom stereocenters. The molecule has 2 aromatic heterocycles. The molecule has 2 aliphatic heterocycles. The smallest absolute Gasteiger partial charge is 0.213 e. The van der Waals surface area contributed by atoms with Crippen LogP contribution in [-0.4, -0.2) is 47.3 Å². The van der Waals surface area contributed by atoms with E-state index >= 15 is 0 Å². The zero-order chi connectivity index (χ0) is 17.0. The van der Waals surface area contributed by atoms with Gasteiger partial charge in [0.25, 0.3) is 0 Å². The number of rotatable bonds is 5. The predicted octanol–water partition coefficient (Wildman–Crippen LogP) is 2.93. The predicted molar refractivity (Wildman–Crippen MR) is 95.3 cm³/mol. The van der Waals surface area contributed by atoms with Crippen molar-refractivity contribution in [1.29, 1.82) is 0 Å². The topological polar surface area (TPSA) is 47.5 Å². The molecule has 0 amide bonds. The number of ether oxygens (including phenoxy) is 2. The van der Waals surface area contributed by atoms with E-state index in [9.17, 15) is 0 Å². The summed E-state index contributed by atoms with van der Waals surface area (Å²) in [5.74, 6) is 0.701. The van der Waals surface area contributed by atoms with Crippen LogP contribution >= 0.6 is 0 Å². The lowest BCUT2D eigenvalue weighted by Gasteiger charge is -2.50. The van der Waals surface area contributed by atoms with Gasteiger partial charge in [-0.1, -0.05) is 6.07 Å². The Morgan fingerprint density at radius 3 is 2.96 bits per heavy atom. The van der Waals surface area contributed by atoms with Gasteiger partial charge in [0.1, 0.15) is 0 Å². The third-order valence-electron chi connectivity index (χ3n) is 5.37. The minimum atomic E-state index is 0.0566. The van der Waals surface area contributed by atoms with Crippen LogP contribution in [0.15, 0.2) is 48.9 Å². The Morgan fingerprint density at radius 1 is 1.20 bits per heavy atom. The molecule has 0 saturated carbocycles. The van der Waals surface area contributed by atoms with Gasteiger partial charge in [0.05, 0.1) is 12.7 Å². The number of likely N-dealkylation sites (tertiary alicyclic amines) is 1. The summed E-state index contributed by atoms with van der Waals surface area (Å²) in [6, 6.07) is 9.99. The Morgan fingerprint density at radius 2 is 2.12 bits per heavy atom. The molecule has 4 heterocycles. The summed E-state index contributed by atoms with van der Waals surface area (Å²) < 4.78 is 12.2. The SMILES string of the molecule is c1ccc(OC[C@]23CCCO[C@@H]2CCN(Cc2ccncc2)C3)nc1. The summed E-state index contributed by atoms with van der Waals surface area (Å²) in [6.45, 7) is 4.58. The van der Waals surface area contributed by atoms with E-state index in [2.05, 4.69) is 27.0 Å². The average molecular weight is 339 g/mol. The second-order valence-electron chi connectivity index (χ2n) is 7.14. The zero-order valence-corrected chi connectivity index (χ0v) is 14.5. The molecule has 0 aromatic carbocycles. The maximum Gasteiger partial charge on any atom is 0.213 e. The van der Waals surface area contributed by atoms with Crippen molar-refractivity contribution < 1.29 is 9.47 Å². The van der Waals surface area contributed by atoms with E-state index in [0.717, 1.165) is 45.5 Å². The van der Waals surface area contributed by atoms with Gasteiger partial charge in [0.2, 0.25) is 5.88 Å². The van der Waals surface area contributed by atoms with Crippen molar-refractivity contribution in [3.63, 3.8) is 0 Å². The van der Waals surface area contributed by atoms with E-state index in [1.54, 1.807) is 6.20 Å². The van der Waals surface area contributed by atoms with Crippen LogP contribution in [0.2, 0.25) is 0 Å². The molecule has 0 aliphatic carbocycles. The van der Waals surface area contributed by atoms with E-state index in [1.807, 2.05) is 30.6 Å². The van der Waals surface area contributed by atoms with Gasteiger partial charge >= 0.3 is 0 Å². The maximum absolute atomic E-state index is 6.14. The van der Waals surface area contributed by atoms with Crippen molar-refractivity contribution in [2.45, 2.75) is 31.9 Å². The lowest BCUT2D eigenvalue weighted by molar-refractivity contribution is -0.141. The summed E-state index contributed by atoms with van der Waals surface area (Å²) in [5, 5.41) is 0. The molecule has 25 heavy (non-hydrogen) atoms. The largest absolute Gasteiger partial charge is 0.477 e. The van der Waals surface area contributed by atoms with Crippen LogP contribution in [-0.2, 0) is 11.3 Å². The summed E-state index contributed by atoms with van der Waals surface area (Å²) in [7, 11) is 0. The quantitative estimate of drug-likeness (QED) is 0.838. The average Bonchev–Trinajstić information content (AvgIpc) is 2.68. The van der Waals surface area contributed by atoms with Gasteiger partial charge < -0.3 is 9.47 Å². The van der Waals surface area contributed by atoms with Crippen molar-refractivity contribution >= 4 is 0 Å². The Kier molecular flexibility index (Phi) is 4.95. The normalized spacial score (nSPS) is 26.8. The Balaban J connectivity index is 1.47. The minimum absolute atomic E-state index is 0.0566. The van der Waals surface area contributed by atoms with E-state index in [1.165, 1.54) is 5.56 Å². The van der Waals surface area contributed by atoms with Crippen LogP contribution in [0.25, 0.3) is 0 Å². The number of hydrogen-bond acceptors (Lipinski definition) is 5. The Labute approximate surface area is 149 Å². The van der Waals surface area contributed by atoms with E-state index in [-0.39, 0.29) is 5.41 Å². The highest BCUT2D eigenvalue weighted by atomic mass is 16.5. The number of hydrogen-bond donors (Lipinski definition) is 0. The van der Waals surface area contributed by atoms with Crippen molar-refractivity contribution in [3.05, 3.63) is 54.5 Å². The summed E-state index contributed by atoms with van der Waals surface area (Å²) in [5.41, 5.74) is 1.37. The monoisotopic (exact) mass is 339 g/mol. The summed E-state index contributed by atoms with van der Waals surface area (Å²) in [6.07, 6.45) is 9.12. The molecule has 0 radical (unpaired) electrons. The number of piperidine rings is 1. The third-order valence-corrected chi connectivity index (χ3v) is 5.37. The van der Waals surface area contributed by atoms with Crippen LogP contribution in [0, 0.1) is 5.41 Å². The van der Waals surface area contributed by atoms with Crippen molar-refractivity contribution in [3.8, 4) is 5.88 Å². The van der Waals surface area contributed by atoms with Crippen molar-refractivity contribution in [2.75, 3.05) is 26.3 Å². The molecule has 0 unspecified atom stereocenters. The third kappa shape index (κ3) is 3.83. The van der Waals surface area contributed by atoms with Crippen LogP contribution in [0.4, 0.5) is 0 Å². The second kappa shape index (κ2) is 7.50. The van der Waals surface area contributed by atoms with Gasteiger partial charge in [-0.25, -0.2) is 4.98 Å². The molecule has 2 saturated heterocycles. The molecule has 4 rings (SSSR count). The van der Waals surface area contributed by atoms with Gasteiger partial charge in [-0.2, -0.15) is 0 Å². The molecule has 0 bridgehead atoms. The molecule has 132 valence electrons. The van der Waals surface area contributed by atoms with E-state index in [4.69, 9.17) is 9.47 Å². The first kappa shape index (κ1) is 16.5. The van der Waals surface area contributed by atoms with Crippen LogP contribution in [0.3, 0.4) is 0 Å². The molecule has 0 N–H and O–H groups in total. The van der Waals surface area contributed by atoms with Crippen molar-refractivity contribution in [1.82, 2.24) is 14.9 Å². The van der Waals surface area contributed by atoms with Crippen LogP contribution in [0.5, 0.6) is 5.88 Å². The summed E-state index contributed by atoms with van der Waals surface area (Å²) in [4.78, 5) is 10.9. The Hall–Kier alpha value is -1.98. The molecule has 2 aromatic rings. The molecule has 0 spiro atoms. The van der Waals surface area contributed by atoms with Gasteiger partial charge in [-0.3, -0.25) is 9.88 Å². The van der Waals surface area contributed by atoms with Gasteiger partial charge in [0, 0.05) is 56.3 Å². The fourth-order valence-corrected chi connectivity index (χ4v) is 4.12. The standard InChI is InChI=1S/C20H25N3O2/c1-2-9-22-19(4-1)25-16-20-8-3-13-24-18(20)7-12-23(15-20)14-17-5-10-21-11-6-17/h1-2,4-6,9-11,18H,3,7-8,12-16H2/t18-,20-/m1/s1. The van der Waals surface area contributed by atoms with Gasteiger partial charge in [-0.15, -0.1) is 0 Å². The lowest BCUT2D eigenvalue weighted by Crippen LogP contribution is -2.57. The molecule has 5 nitrogen and oxygen atoms in total. The minimum Gasteiger partial charge on any atom is -0.477 e. The fraction of sp³-hybridized carbons (Fsp3) is 0.500. The molecule has 5 heteroatoms. The number of fused-ring (bicyclic) bond motifs is 1. The highest BCUT2D eigenvalue weighted by Crippen LogP contribution is 2.40. The van der Waals surface area contributed by atoms with Gasteiger partial charge in [0.15, 0.2) is 0 Å². The first-order chi connectivity index (χ1) is 12.3. The number of aromatic nitrogens is 2. The maximum atomic E-state index is 6.14. The van der Waals surface area contributed by atoms with E-state index < -0.39 is 0 Å². The molecular weight excluding hydrogens is 314 g/mol. The molecular formula is C20H25N3O2. The highest BCUT2D eigenvalue weighted by Gasteiger charge is 2.46. The highest BCUT2D eigenvalue weighted by molar-refractivity contribution is 5.12. The first-order valence-corrected chi connectivity index (χ1v) is 9.11. The Bertz CT molecular complexity index is 667. The van der Waals surface area contributed by atoms with E-state index in [0.29, 0.717) is 18.6 Å². The molecule has 2 aliphatic rings. The number of nitrogens with zero attached hydrogens (tertiary/aromatic N) is 3. The molecule has 2 fully saturated rings. The van der Waals surface area contributed by atoms with Crippen molar-refractivity contribution in [2.24, 2.45) is 5.41 Å². The second-order valence-corrected chi connectivity index (χ2v) is 7.14. The summed E-state index contributed by atoms with van der Waals surface area (Å²) >= 11 is 0. The van der Waals surface area contributed by atoms with Crippen LogP contribution in [0.1, 0.15) is 24.8 Å². The number of pyridine rings is 2. The van der Waals surface area contributed by atoms with Gasteiger partial charge in [-0.05, 0) is 43.0 Å².